The lowest BCUT2D eigenvalue weighted by molar-refractivity contribution is -0.160. The van der Waals surface area contributed by atoms with E-state index >= 15 is 0 Å². The van der Waals surface area contributed by atoms with Gasteiger partial charge in [0, 0.05) is 56.8 Å². The molecule has 1 amide bonds. The average Bonchev–Trinajstić information content (AvgIpc) is 3.61. The van der Waals surface area contributed by atoms with Crippen molar-refractivity contribution in [2.24, 2.45) is 11.8 Å². The Morgan fingerprint density at radius 2 is 1.45 bits per heavy atom. The van der Waals surface area contributed by atoms with Gasteiger partial charge in [-0.25, -0.2) is 0 Å². The monoisotopic (exact) mass is 758 g/mol. The van der Waals surface area contributed by atoms with Crippen molar-refractivity contribution in [1.29, 1.82) is 0 Å². The number of piperidine rings is 3. The number of phenols is 2. The van der Waals surface area contributed by atoms with Crippen LogP contribution in [0, 0.1) is 11.8 Å². The van der Waals surface area contributed by atoms with Gasteiger partial charge in [-0.1, -0.05) is 32.9 Å². The number of ketones is 1. The maximum Gasteiger partial charge on any atom is 0.317 e. The van der Waals surface area contributed by atoms with E-state index in [2.05, 4.69) is 15.1 Å². The third kappa shape index (κ3) is 9.53. The Morgan fingerprint density at radius 1 is 0.818 bits per heavy atom. The van der Waals surface area contributed by atoms with Crippen molar-refractivity contribution in [2.75, 3.05) is 45.8 Å². The zero-order valence-corrected chi connectivity index (χ0v) is 32.2. The van der Waals surface area contributed by atoms with Crippen LogP contribution < -0.4 is 0 Å². The molecule has 4 heterocycles. The van der Waals surface area contributed by atoms with Gasteiger partial charge in [0.25, 0.3) is 0 Å². The fraction of sp³-hybridized carbons (Fsp3) is 0.561. The number of hydrogen-bond donors (Lipinski definition) is 3. The summed E-state index contributed by atoms with van der Waals surface area (Å²) < 4.78 is 7.47. The minimum atomic E-state index is -0.849. The number of carboxylic acids is 1. The third-order valence-corrected chi connectivity index (χ3v) is 11.3. The van der Waals surface area contributed by atoms with Gasteiger partial charge < -0.3 is 25.0 Å². The van der Waals surface area contributed by atoms with E-state index in [0.29, 0.717) is 93.9 Å². The van der Waals surface area contributed by atoms with Crippen LogP contribution >= 0.6 is 0 Å². The zero-order valence-electron chi connectivity index (χ0n) is 32.2. The van der Waals surface area contributed by atoms with Crippen molar-refractivity contribution in [1.82, 2.24) is 29.5 Å². The van der Waals surface area contributed by atoms with Crippen LogP contribution in [0.4, 0.5) is 0 Å². The fourth-order valence-electron chi connectivity index (χ4n) is 8.04. The van der Waals surface area contributed by atoms with E-state index in [1.807, 2.05) is 54.8 Å². The van der Waals surface area contributed by atoms with Crippen LogP contribution in [0.5, 0.6) is 11.5 Å². The summed E-state index contributed by atoms with van der Waals surface area (Å²) in [5, 5.41) is 38.9. The topological polar surface area (TPSA) is 179 Å². The lowest BCUT2D eigenvalue weighted by atomic mass is 9.92. The summed E-state index contributed by atoms with van der Waals surface area (Å²) in [6, 6.07) is 10.9. The number of phenolic OH excluding ortho intramolecular Hbond substituents is 2. The van der Waals surface area contributed by atoms with Crippen LogP contribution in [0.1, 0.15) is 99.8 Å². The molecule has 3 aliphatic rings. The molecular weight excluding hydrogens is 704 g/mol. The predicted octanol–water partition coefficient (Wildman–Crippen LogP) is 4.99. The number of carboxylic acid groups (broad SMARTS) is 1. The lowest BCUT2D eigenvalue weighted by Gasteiger charge is -2.37. The molecule has 3 fully saturated rings. The van der Waals surface area contributed by atoms with Gasteiger partial charge in [0.2, 0.25) is 17.5 Å². The number of benzene rings is 2. The Labute approximate surface area is 322 Å². The highest BCUT2D eigenvalue weighted by Gasteiger charge is 2.34. The first-order chi connectivity index (χ1) is 26.4. The molecule has 0 atom stereocenters. The number of likely N-dealkylation sites (tertiary alicyclic amines) is 3. The van der Waals surface area contributed by atoms with E-state index < -0.39 is 5.97 Å². The van der Waals surface area contributed by atoms with Gasteiger partial charge in [-0.3, -0.25) is 33.5 Å². The summed E-state index contributed by atoms with van der Waals surface area (Å²) >= 11 is 0. The van der Waals surface area contributed by atoms with Crippen LogP contribution in [0.25, 0.3) is 17.1 Å². The maximum atomic E-state index is 13.5. The van der Waals surface area contributed by atoms with Gasteiger partial charge >= 0.3 is 11.9 Å². The Kier molecular flexibility index (Phi) is 12.9. The van der Waals surface area contributed by atoms with Crippen LogP contribution in [0.3, 0.4) is 0 Å². The van der Waals surface area contributed by atoms with E-state index in [-0.39, 0.29) is 65.4 Å². The lowest BCUT2D eigenvalue weighted by Crippen LogP contribution is -2.46. The number of carbonyl (C=O) groups is 4. The number of carbonyl (C=O) groups excluding carboxylic acids is 3. The molecule has 0 bridgehead atoms. The molecule has 55 heavy (non-hydrogen) atoms. The molecule has 6 rings (SSSR count). The quantitative estimate of drug-likeness (QED) is 0.157. The predicted molar refractivity (Wildman–Crippen MR) is 204 cm³/mol. The molecule has 3 saturated heterocycles. The van der Waals surface area contributed by atoms with Crippen molar-refractivity contribution in [3.63, 3.8) is 0 Å². The summed E-state index contributed by atoms with van der Waals surface area (Å²) in [5.41, 5.74) is 2.79. The van der Waals surface area contributed by atoms with Crippen molar-refractivity contribution in [3.05, 3.63) is 53.3 Å². The second-order valence-electron chi connectivity index (χ2n) is 15.6. The number of aliphatic carboxylic acids is 1. The van der Waals surface area contributed by atoms with Crippen molar-refractivity contribution in [2.45, 2.75) is 90.7 Å². The number of nitrogens with zero attached hydrogens (tertiary/aromatic N) is 6. The first kappa shape index (κ1) is 39.9. The SMILES string of the molecule is CCCC(=O)c1nnc(-c2cc(C(C)C)c(O)cc2O)n1-c1ccc(CN2CCC(C(=O)N3CCC(C(=O)OC4CCN(CC(=O)O)CC4)CC3)CC2)cc1. The van der Waals surface area contributed by atoms with E-state index in [1.165, 1.54) is 6.07 Å². The fourth-order valence-corrected chi connectivity index (χ4v) is 8.04. The highest BCUT2D eigenvalue weighted by Crippen LogP contribution is 2.38. The molecule has 0 saturated carbocycles. The standard InChI is InChI=1S/C41H54N6O8/c1-4-5-34(48)39-43-42-38(33-22-32(26(2)3)35(49)23-36(33)50)47(39)30-8-6-27(7-9-30)24-44-16-10-28(11-17-44)40(53)46-20-12-29(13-21-46)41(54)55-31-14-18-45(19-15-31)25-37(51)52/h6-9,22-23,26,28-29,31,49-50H,4-5,10-21,24-25H2,1-3H3,(H,51,52). The number of amides is 1. The second kappa shape index (κ2) is 17.8. The molecule has 3 aromatic rings. The number of ether oxygens (including phenoxy) is 1. The number of aromatic hydroxyl groups is 2. The molecule has 14 heteroatoms. The average molecular weight is 759 g/mol. The minimum absolute atomic E-state index is 0.00696. The molecule has 3 N–H and O–H groups in total. The van der Waals surface area contributed by atoms with Crippen LogP contribution in [0.15, 0.2) is 36.4 Å². The summed E-state index contributed by atoms with van der Waals surface area (Å²) in [6.45, 7) is 10.4. The molecule has 3 aliphatic heterocycles. The molecule has 14 nitrogen and oxygen atoms in total. The largest absolute Gasteiger partial charge is 0.508 e. The van der Waals surface area contributed by atoms with Crippen molar-refractivity contribution in [3.8, 4) is 28.6 Å². The molecular formula is C41H54N6O8. The Balaban J connectivity index is 1.01. The molecule has 0 unspecified atom stereocenters. The maximum absolute atomic E-state index is 13.5. The minimum Gasteiger partial charge on any atom is -0.508 e. The number of aromatic nitrogens is 3. The first-order valence-corrected chi connectivity index (χ1v) is 19.7. The van der Waals surface area contributed by atoms with Gasteiger partial charge in [-0.05, 0) is 93.3 Å². The summed E-state index contributed by atoms with van der Waals surface area (Å²) in [5.74, 6) is -0.965. The second-order valence-corrected chi connectivity index (χ2v) is 15.6. The first-order valence-electron chi connectivity index (χ1n) is 19.7. The Bertz CT molecular complexity index is 1840. The van der Waals surface area contributed by atoms with Gasteiger partial charge in [-0.15, -0.1) is 10.2 Å². The van der Waals surface area contributed by atoms with Crippen molar-refractivity contribution >= 4 is 23.6 Å². The molecule has 2 aromatic carbocycles. The van der Waals surface area contributed by atoms with Crippen LogP contribution in [0.2, 0.25) is 0 Å². The normalized spacial score (nSPS) is 18.1. The summed E-state index contributed by atoms with van der Waals surface area (Å²) in [7, 11) is 0. The van der Waals surface area contributed by atoms with Gasteiger partial charge in [0.15, 0.2) is 5.82 Å². The van der Waals surface area contributed by atoms with Crippen LogP contribution in [-0.2, 0) is 25.7 Å². The number of Topliss-reactive ketones (excluding diaryl/α,β-unsaturated/α-hetero) is 1. The molecule has 296 valence electrons. The Morgan fingerprint density at radius 3 is 2.07 bits per heavy atom. The van der Waals surface area contributed by atoms with Gasteiger partial charge in [0.05, 0.1) is 18.0 Å². The van der Waals surface area contributed by atoms with E-state index in [0.717, 1.165) is 31.5 Å². The van der Waals surface area contributed by atoms with Gasteiger partial charge in [-0.2, -0.15) is 0 Å². The van der Waals surface area contributed by atoms with Crippen molar-refractivity contribution < 1.29 is 39.2 Å². The number of hydrogen-bond acceptors (Lipinski definition) is 11. The molecule has 1 aromatic heterocycles. The van der Waals surface area contributed by atoms with E-state index in [4.69, 9.17) is 9.84 Å². The molecule has 0 radical (unpaired) electrons. The highest BCUT2D eigenvalue weighted by molar-refractivity contribution is 5.94. The Hall–Kier alpha value is -4.82. The third-order valence-electron chi connectivity index (χ3n) is 11.3. The highest BCUT2D eigenvalue weighted by atomic mass is 16.5. The number of rotatable bonds is 13. The molecule has 0 aliphatic carbocycles. The summed E-state index contributed by atoms with van der Waals surface area (Å²) in [6.07, 6.45) is 4.78. The smallest absolute Gasteiger partial charge is 0.317 e. The van der Waals surface area contributed by atoms with Gasteiger partial charge in [0.1, 0.15) is 17.6 Å². The number of esters is 1. The van der Waals surface area contributed by atoms with Crippen LogP contribution in [-0.4, -0.2) is 120 Å². The van der Waals surface area contributed by atoms with E-state index in [9.17, 15) is 29.4 Å². The van der Waals surface area contributed by atoms with E-state index in [1.54, 1.807) is 10.6 Å². The summed E-state index contributed by atoms with van der Waals surface area (Å²) in [4.78, 5) is 56.6. The zero-order chi connectivity index (χ0) is 39.2. The molecule has 0 spiro atoms.